The number of nitrogens with zero attached hydrogens (tertiary/aromatic N) is 4. The van der Waals surface area contributed by atoms with Gasteiger partial charge < -0.3 is 4.90 Å². The zero-order chi connectivity index (χ0) is 14.8. The number of hydrogen-bond acceptors (Lipinski definition) is 3. The van der Waals surface area contributed by atoms with Gasteiger partial charge in [0.25, 0.3) is 0 Å². The van der Waals surface area contributed by atoms with E-state index in [1.807, 2.05) is 31.2 Å². The Morgan fingerprint density at radius 3 is 2.62 bits per heavy atom. The molecule has 3 rings (SSSR count). The van der Waals surface area contributed by atoms with E-state index in [0.717, 1.165) is 42.8 Å². The third kappa shape index (κ3) is 2.70. The van der Waals surface area contributed by atoms with E-state index in [4.69, 9.17) is 5.10 Å². The fourth-order valence-corrected chi connectivity index (χ4v) is 3.01. The predicted octanol–water partition coefficient (Wildman–Crippen LogP) is 3.00. The molecule has 0 radical (unpaired) electrons. The second-order valence-corrected chi connectivity index (χ2v) is 5.80. The van der Waals surface area contributed by atoms with Crippen molar-refractivity contribution in [2.75, 3.05) is 20.1 Å². The Hall–Kier alpha value is -2.12. The fraction of sp³-hybridized carbons (Fsp3) is 0.412. The highest BCUT2D eigenvalue weighted by Gasteiger charge is 2.20. The molecule has 0 amide bonds. The van der Waals surface area contributed by atoms with E-state index < -0.39 is 0 Å². The summed E-state index contributed by atoms with van der Waals surface area (Å²) in [4.78, 5) is 2.36. The van der Waals surface area contributed by atoms with E-state index in [2.05, 4.69) is 28.9 Å². The van der Waals surface area contributed by atoms with Gasteiger partial charge in [0.05, 0.1) is 23.4 Å². The van der Waals surface area contributed by atoms with Crippen molar-refractivity contribution in [3.63, 3.8) is 0 Å². The number of nitriles is 1. The van der Waals surface area contributed by atoms with Crippen LogP contribution < -0.4 is 0 Å². The van der Waals surface area contributed by atoms with E-state index in [1.165, 1.54) is 0 Å². The van der Waals surface area contributed by atoms with Gasteiger partial charge in [-0.25, -0.2) is 0 Å². The van der Waals surface area contributed by atoms with Crippen molar-refractivity contribution in [3.05, 3.63) is 41.7 Å². The number of rotatable bonds is 2. The van der Waals surface area contributed by atoms with Crippen LogP contribution in [0.5, 0.6) is 0 Å². The lowest BCUT2D eigenvalue weighted by atomic mass is 10.0. The molecule has 1 aliphatic heterocycles. The molecule has 0 spiro atoms. The predicted molar refractivity (Wildman–Crippen MR) is 82.9 cm³/mol. The Morgan fingerprint density at radius 2 is 1.90 bits per heavy atom. The first-order valence-electron chi connectivity index (χ1n) is 7.43. The minimum atomic E-state index is 0.475. The maximum Gasteiger partial charge on any atom is 0.0998 e. The van der Waals surface area contributed by atoms with Crippen LogP contribution in [0.25, 0.3) is 11.1 Å². The van der Waals surface area contributed by atoms with Gasteiger partial charge in [-0.05, 0) is 46.0 Å². The molecule has 0 saturated carbocycles. The lowest BCUT2D eigenvalue weighted by Gasteiger charge is -2.29. The molecule has 21 heavy (non-hydrogen) atoms. The molecule has 2 heterocycles. The topological polar surface area (TPSA) is 44.9 Å². The molecule has 2 aromatic rings. The zero-order valence-electron chi connectivity index (χ0n) is 12.6. The molecule has 0 atom stereocenters. The normalized spacial score (nSPS) is 16.8. The average molecular weight is 280 g/mol. The van der Waals surface area contributed by atoms with Gasteiger partial charge in [-0.15, -0.1) is 0 Å². The molecule has 4 heteroatoms. The standard InChI is InChI=1S/C17H20N4/c1-13-17(16-6-4-3-5-14(16)11-18)12-21(19-13)15-7-9-20(2)10-8-15/h3-6,12,15H,7-10H2,1-2H3. The van der Waals surface area contributed by atoms with Gasteiger partial charge in [-0.3, -0.25) is 4.68 Å². The van der Waals surface area contributed by atoms with Crippen molar-refractivity contribution in [3.8, 4) is 17.2 Å². The molecule has 1 fully saturated rings. The van der Waals surface area contributed by atoms with Crippen LogP contribution in [0.4, 0.5) is 0 Å². The number of benzene rings is 1. The molecule has 4 nitrogen and oxygen atoms in total. The highest BCUT2D eigenvalue weighted by Crippen LogP contribution is 2.29. The summed E-state index contributed by atoms with van der Waals surface area (Å²) < 4.78 is 2.10. The largest absolute Gasteiger partial charge is 0.306 e. The smallest absolute Gasteiger partial charge is 0.0998 e. The second kappa shape index (κ2) is 5.71. The maximum atomic E-state index is 9.27. The van der Waals surface area contributed by atoms with Crippen LogP contribution in [0.3, 0.4) is 0 Å². The first-order valence-corrected chi connectivity index (χ1v) is 7.43. The van der Waals surface area contributed by atoms with Crippen LogP contribution in [-0.2, 0) is 0 Å². The molecular formula is C17H20N4. The van der Waals surface area contributed by atoms with Crippen LogP contribution in [0.15, 0.2) is 30.5 Å². The summed E-state index contributed by atoms with van der Waals surface area (Å²) in [5, 5.41) is 14.0. The monoisotopic (exact) mass is 280 g/mol. The van der Waals surface area contributed by atoms with Crippen molar-refractivity contribution in [2.24, 2.45) is 0 Å². The summed E-state index contributed by atoms with van der Waals surface area (Å²) in [6.07, 6.45) is 4.38. The van der Waals surface area contributed by atoms with Gasteiger partial charge in [0.1, 0.15) is 0 Å². The summed E-state index contributed by atoms with van der Waals surface area (Å²) in [5.41, 5.74) is 3.77. The number of aryl methyl sites for hydroxylation is 1. The minimum Gasteiger partial charge on any atom is -0.306 e. The minimum absolute atomic E-state index is 0.475. The third-order valence-corrected chi connectivity index (χ3v) is 4.32. The van der Waals surface area contributed by atoms with Crippen LogP contribution in [0.2, 0.25) is 0 Å². The molecule has 1 aliphatic rings. The van der Waals surface area contributed by atoms with Crippen molar-refractivity contribution in [2.45, 2.75) is 25.8 Å². The highest BCUT2D eigenvalue weighted by atomic mass is 15.3. The lowest BCUT2D eigenvalue weighted by molar-refractivity contribution is 0.212. The molecule has 108 valence electrons. The van der Waals surface area contributed by atoms with Gasteiger partial charge in [0, 0.05) is 17.3 Å². The van der Waals surface area contributed by atoms with Gasteiger partial charge in [0.15, 0.2) is 0 Å². The van der Waals surface area contributed by atoms with Crippen LogP contribution >= 0.6 is 0 Å². The number of hydrogen-bond donors (Lipinski definition) is 0. The number of aromatic nitrogens is 2. The summed E-state index contributed by atoms with van der Waals surface area (Å²) in [6.45, 7) is 4.26. The van der Waals surface area contributed by atoms with E-state index in [9.17, 15) is 5.26 Å². The Balaban J connectivity index is 1.93. The van der Waals surface area contributed by atoms with Gasteiger partial charge in [-0.1, -0.05) is 18.2 Å². The van der Waals surface area contributed by atoms with E-state index in [-0.39, 0.29) is 0 Å². The molecule has 1 aromatic heterocycles. The van der Waals surface area contributed by atoms with Crippen LogP contribution in [0, 0.1) is 18.3 Å². The van der Waals surface area contributed by atoms with E-state index in [0.29, 0.717) is 11.6 Å². The van der Waals surface area contributed by atoms with Crippen molar-refractivity contribution < 1.29 is 0 Å². The van der Waals surface area contributed by atoms with Crippen LogP contribution in [-0.4, -0.2) is 34.8 Å². The molecule has 0 unspecified atom stereocenters. The molecular weight excluding hydrogens is 260 g/mol. The molecule has 1 aromatic carbocycles. The molecule has 0 bridgehead atoms. The lowest BCUT2D eigenvalue weighted by Crippen LogP contribution is -2.31. The molecule has 0 aliphatic carbocycles. The number of likely N-dealkylation sites (tertiary alicyclic amines) is 1. The molecule has 0 N–H and O–H groups in total. The first kappa shape index (κ1) is 13.8. The van der Waals surface area contributed by atoms with Gasteiger partial charge in [0.2, 0.25) is 0 Å². The zero-order valence-corrected chi connectivity index (χ0v) is 12.6. The summed E-state index contributed by atoms with van der Waals surface area (Å²) in [7, 11) is 2.17. The quantitative estimate of drug-likeness (QED) is 0.849. The fourth-order valence-electron chi connectivity index (χ4n) is 3.01. The molecule has 1 saturated heterocycles. The Labute approximate surface area is 125 Å². The Morgan fingerprint density at radius 1 is 1.19 bits per heavy atom. The Bertz CT molecular complexity index is 672. The van der Waals surface area contributed by atoms with Gasteiger partial charge >= 0.3 is 0 Å². The summed E-state index contributed by atoms with van der Waals surface area (Å²) in [6, 6.07) is 10.5. The van der Waals surface area contributed by atoms with Gasteiger partial charge in [-0.2, -0.15) is 10.4 Å². The Kier molecular flexibility index (Phi) is 3.76. The van der Waals surface area contributed by atoms with Crippen molar-refractivity contribution >= 4 is 0 Å². The van der Waals surface area contributed by atoms with Crippen molar-refractivity contribution in [1.82, 2.24) is 14.7 Å². The highest BCUT2D eigenvalue weighted by molar-refractivity contribution is 5.71. The van der Waals surface area contributed by atoms with E-state index >= 15 is 0 Å². The third-order valence-electron chi connectivity index (χ3n) is 4.32. The second-order valence-electron chi connectivity index (χ2n) is 5.80. The summed E-state index contributed by atoms with van der Waals surface area (Å²) >= 11 is 0. The van der Waals surface area contributed by atoms with Crippen LogP contribution in [0.1, 0.15) is 30.1 Å². The van der Waals surface area contributed by atoms with E-state index in [1.54, 1.807) is 0 Å². The maximum absolute atomic E-state index is 9.27. The summed E-state index contributed by atoms with van der Waals surface area (Å²) in [5.74, 6) is 0. The SMILES string of the molecule is Cc1nn(C2CCN(C)CC2)cc1-c1ccccc1C#N. The average Bonchev–Trinajstić information content (AvgIpc) is 2.89. The van der Waals surface area contributed by atoms with Crippen molar-refractivity contribution in [1.29, 1.82) is 5.26 Å². The number of piperidine rings is 1. The first-order chi connectivity index (χ1) is 10.2.